The average molecular weight is 256 g/mol. The van der Waals surface area contributed by atoms with Gasteiger partial charge in [-0.1, -0.05) is 12.2 Å². The normalized spacial score (nSPS) is 16.9. The summed E-state index contributed by atoms with van der Waals surface area (Å²) in [6.07, 6.45) is 6.90. The van der Waals surface area contributed by atoms with Gasteiger partial charge in [-0.25, -0.2) is 0 Å². The molecule has 0 saturated carbocycles. The topological polar surface area (TPSA) is 62.1 Å². The smallest absolute Gasteiger partial charge is 0.224 e. The number of amides is 1. The van der Waals surface area contributed by atoms with Gasteiger partial charge in [0.05, 0.1) is 0 Å². The molecule has 98 valence electrons. The van der Waals surface area contributed by atoms with Crippen molar-refractivity contribution in [3.63, 3.8) is 0 Å². The molecule has 0 saturated heterocycles. The molecule has 0 fully saturated rings. The van der Waals surface area contributed by atoms with Crippen LogP contribution in [0.2, 0.25) is 0 Å². The number of nitrogens with zero attached hydrogens (tertiary/aromatic N) is 1. The van der Waals surface area contributed by atoms with Crippen LogP contribution in [0.5, 0.6) is 5.75 Å². The summed E-state index contributed by atoms with van der Waals surface area (Å²) in [6.45, 7) is 0.0275. The fourth-order valence-corrected chi connectivity index (χ4v) is 2.07. The number of ether oxygens (including phenoxy) is 1. The van der Waals surface area contributed by atoms with Crippen molar-refractivity contribution in [2.45, 2.75) is 19.3 Å². The number of allylic oxidation sites excluding steroid dienone is 2. The molecule has 1 aromatic rings. The van der Waals surface area contributed by atoms with Crippen LogP contribution in [0.4, 0.5) is 5.69 Å². The minimum atomic E-state index is 0.0275. The van der Waals surface area contributed by atoms with Crippen molar-refractivity contribution in [3.05, 3.63) is 36.4 Å². The van der Waals surface area contributed by atoms with Gasteiger partial charge in [0.1, 0.15) is 11.8 Å². The van der Waals surface area contributed by atoms with Crippen molar-refractivity contribution < 1.29 is 9.53 Å². The van der Waals surface area contributed by atoms with Crippen LogP contribution in [0.25, 0.3) is 0 Å². The first-order valence-electron chi connectivity index (χ1n) is 6.34. The number of carbonyl (C=O) groups excluding carboxylic acids is 1. The molecule has 4 heteroatoms. The summed E-state index contributed by atoms with van der Waals surface area (Å²) in [5.41, 5.74) is 0.747. The first kappa shape index (κ1) is 13.2. The molecule has 2 rings (SSSR count). The lowest BCUT2D eigenvalue weighted by Crippen LogP contribution is -2.14. The van der Waals surface area contributed by atoms with Crippen LogP contribution >= 0.6 is 0 Å². The van der Waals surface area contributed by atoms with Crippen LogP contribution in [-0.2, 0) is 4.79 Å². The molecule has 1 N–H and O–H groups in total. The number of benzene rings is 1. The second-order valence-corrected chi connectivity index (χ2v) is 4.49. The van der Waals surface area contributed by atoms with Crippen molar-refractivity contribution in [2.75, 3.05) is 11.9 Å². The summed E-state index contributed by atoms with van der Waals surface area (Å²) in [4.78, 5) is 11.8. The van der Waals surface area contributed by atoms with E-state index in [0.29, 0.717) is 18.1 Å². The third kappa shape index (κ3) is 4.14. The van der Waals surface area contributed by atoms with Gasteiger partial charge < -0.3 is 10.1 Å². The second kappa shape index (κ2) is 6.60. The third-order valence-corrected chi connectivity index (χ3v) is 3.00. The van der Waals surface area contributed by atoms with Gasteiger partial charge in [-0.3, -0.25) is 4.79 Å². The van der Waals surface area contributed by atoms with E-state index in [1.54, 1.807) is 24.3 Å². The summed E-state index contributed by atoms with van der Waals surface area (Å²) >= 11 is 0. The van der Waals surface area contributed by atoms with E-state index in [-0.39, 0.29) is 12.5 Å². The van der Waals surface area contributed by atoms with Gasteiger partial charge in [-0.15, -0.1) is 0 Å². The van der Waals surface area contributed by atoms with Crippen LogP contribution in [0.3, 0.4) is 0 Å². The van der Waals surface area contributed by atoms with Gasteiger partial charge in [-0.05, 0) is 43.0 Å². The van der Waals surface area contributed by atoms with Gasteiger partial charge in [0.2, 0.25) is 5.91 Å². The molecule has 0 spiro atoms. The number of anilines is 1. The average Bonchev–Trinajstić information content (AvgIpc) is 2.90. The van der Waals surface area contributed by atoms with Crippen molar-refractivity contribution in [1.29, 1.82) is 5.26 Å². The highest BCUT2D eigenvalue weighted by molar-refractivity contribution is 5.91. The Hall–Kier alpha value is -2.28. The van der Waals surface area contributed by atoms with E-state index in [2.05, 4.69) is 17.5 Å². The summed E-state index contributed by atoms with van der Waals surface area (Å²) in [6, 6.07) is 8.93. The Morgan fingerprint density at radius 2 is 2.21 bits per heavy atom. The zero-order valence-electron chi connectivity index (χ0n) is 10.6. The van der Waals surface area contributed by atoms with Crippen LogP contribution in [0.15, 0.2) is 36.4 Å². The summed E-state index contributed by atoms with van der Waals surface area (Å²) in [7, 11) is 0. The summed E-state index contributed by atoms with van der Waals surface area (Å²) in [5, 5.41) is 11.3. The van der Waals surface area contributed by atoms with E-state index < -0.39 is 0 Å². The van der Waals surface area contributed by atoms with E-state index in [1.807, 2.05) is 6.07 Å². The number of nitriles is 1. The molecule has 0 aromatic heterocycles. The minimum Gasteiger partial charge on any atom is -0.479 e. The molecule has 0 aliphatic heterocycles. The second-order valence-electron chi connectivity index (χ2n) is 4.49. The fourth-order valence-electron chi connectivity index (χ4n) is 2.07. The maximum absolute atomic E-state index is 11.8. The first-order valence-corrected chi connectivity index (χ1v) is 6.34. The zero-order valence-corrected chi connectivity index (χ0v) is 10.6. The predicted molar refractivity (Wildman–Crippen MR) is 72.7 cm³/mol. The number of rotatable bonds is 5. The Labute approximate surface area is 112 Å². The molecule has 0 bridgehead atoms. The molecule has 0 radical (unpaired) electrons. The highest BCUT2D eigenvalue weighted by Gasteiger charge is 2.13. The zero-order chi connectivity index (χ0) is 13.5. The quantitative estimate of drug-likeness (QED) is 0.824. The summed E-state index contributed by atoms with van der Waals surface area (Å²) in [5.74, 6) is 1.03. The number of hydrogen-bond acceptors (Lipinski definition) is 3. The van der Waals surface area contributed by atoms with Crippen molar-refractivity contribution in [2.24, 2.45) is 5.92 Å². The van der Waals surface area contributed by atoms with Gasteiger partial charge in [0, 0.05) is 12.1 Å². The largest absolute Gasteiger partial charge is 0.479 e. The van der Waals surface area contributed by atoms with Gasteiger partial charge >= 0.3 is 0 Å². The standard InChI is InChI=1S/C15H16N2O2/c16-9-10-19-14-7-5-13(6-8-14)17-15(18)11-12-3-1-2-4-12/h1,3,5-8,12H,2,4,10-11H2,(H,17,18)/t12-/m0/s1. The number of nitrogens with one attached hydrogen (secondary N) is 1. The molecule has 1 aliphatic carbocycles. The fraction of sp³-hybridized carbons (Fsp3) is 0.333. The van der Waals surface area contributed by atoms with Gasteiger partial charge in [0.15, 0.2) is 6.61 Å². The van der Waals surface area contributed by atoms with E-state index >= 15 is 0 Å². The maximum Gasteiger partial charge on any atom is 0.224 e. The van der Waals surface area contributed by atoms with E-state index in [4.69, 9.17) is 10.00 Å². The van der Waals surface area contributed by atoms with E-state index in [0.717, 1.165) is 18.5 Å². The monoisotopic (exact) mass is 256 g/mol. The third-order valence-electron chi connectivity index (χ3n) is 3.00. The molecule has 0 unspecified atom stereocenters. The summed E-state index contributed by atoms with van der Waals surface area (Å²) < 4.78 is 5.14. The van der Waals surface area contributed by atoms with E-state index in [1.165, 1.54) is 0 Å². The van der Waals surface area contributed by atoms with Crippen LogP contribution in [0.1, 0.15) is 19.3 Å². The molecule has 1 atom stereocenters. The van der Waals surface area contributed by atoms with Crippen LogP contribution in [0, 0.1) is 17.2 Å². The maximum atomic E-state index is 11.8. The Morgan fingerprint density at radius 1 is 1.42 bits per heavy atom. The highest BCUT2D eigenvalue weighted by atomic mass is 16.5. The first-order chi connectivity index (χ1) is 9.28. The molecule has 0 heterocycles. The van der Waals surface area contributed by atoms with Crippen molar-refractivity contribution in [1.82, 2.24) is 0 Å². The molecule has 19 heavy (non-hydrogen) atoms. The molecular formula is C15H16N2O2. The Morgan fingerprint density at radius 3 is 2.84 bits per heavy atom. The lowest BCUT2D eigenvalue weighted by molar-refractivity contribution is -0.116. The molecule has 4 nitrogen and oxygen atoms in total. The van der Waals surface area contributed by atoms with Crippen LogP contribution < -0.4 is 10.1 Å². The molecule has 1 amide bonds. The molecule has 1 aromatic carbocycles. The van der Waals surface area contributed by atoms with Gasteiger partial charge in [-0.2, -0.15) is 5.26 Å². The minimum absolute atomic E-state index is 0.0275. The Balaban J connectivity index is 1.83. The Bertz CT molecular complexity index is 500. The number of hydrogen-bond donors (Lipinski definition) is 1. The van der Waals surface area contributed by atoms with Crippen LogP contribution in [-0.4, -0.2) is 12.5 Å². The van der Waals surface area contributed by atoms with Crippen molar-refractivity contribution in [3.8, 4) is 11.8 Å². The predicted octanol–water partition coefficient (Wildman–Crippen LogP) is 2.88. The molecular weight excluding hydrogens is 240 g/mol. The molecule has 1 aliphatic rings. The number of carbonyl (C=O) groups is 1. The van der Waals surface area contributed by atoms with Gasteiger partial charge in [0.25, 0.3) is 0 Å². The lowest BCUT2D eigenvalue weighted by Gasteiger charge is -2.09. The lowest BCUT2D eigenvalue weighted by atomic mass is 10.1. The highest BCUT2D eigenvalue weighted by Crippen LogP contribution is 2.21. The Kier molecular flexibility index (Phi) is 4.57. The van der Waals surface area contributed by atoms with E-state index in [9.17, 15) is 4.79 Å². The van der Waals surface area contributed by atoms with Crippen molar-refractivity contribution >= 4 is 11.6 Å². The SMILES string of the molecule is N#CCOc1ccc(NC(=O)C[C@H]2C=CCC2)cc1.